The lowest BCUT2D eigenvalue weighted by molar-refractivity contribution is -0.129. The number of hydrogen-bond acceptors (Lipinski definition) is 6. The van der Waals surface area contributed by atoms with Crippen molar-refractivity contribution in [3.05, 3.63) is 90.0 Å². The number of hydrogen-bond donors (Lipinski definition) is 0. The Morgan fingerprint density at radius 1 is 0.897 bits per heavy atom. The predicted octanol–water partition coefficient (Wildman–Crippen LogP) is 6.72. The number of Topliss-reactive ketones (excluding diaryl/α,β-unsaturated/α-hetero) is 2. The maximum Gasteiger partial charge on any atom is 0.415 e. The van der Waals surface area contributed by atoms with E-state index in [0.29, 0.717) is 30.2 Å². The molecule has 6 nitrogen and oxygen atoms in total. The van der Waals surface area contributed by atoms with Gasteiger partial charge in [0.15, 0.2) is 17.2 Å². The summed E-state index contributed by atoms with van der Waals surface area (Å²) in [6, 6.07) is 24.4. The van der Waals surface area contributed by atoms with E-state index in [0.717, 1.165) is 23.3 Å². The van der Waals surface area contributed by atoms with E-state index in [1.54, 1.807) is 42.6 Å². The molecule has 0 unspecified atom stereocenters. The monoisotopic (exact) mass is 545 g/mol. The quantitative estimate of drug-likeness (QED) is 0.208. The summed E-state index contributed by atoms with van der Waals surface area (Å²) in [5.74, 6) is 0.814. The van der Waals surface area contributed by atoms with Crippen LogP contribution in [0.1, 0.15) is 43.1 Å². The summed E-state index contributed by atoms with van der Waals surface area (Å²) in [6.07, 6.45) is 3.06. The topological polar surface area (TPSA) is 72.9 Å². The van der Waals surface area contributed by atoms with Gasteiger partial charge in [0.05, 0.1) is 0 Å². The zero-order valence-electron chi connectivity index (χ0n) is 22.9. The highest BCUT2D eigenvalue weighted by Crippen LogP contribution is 2.32. The van der Waals surface area contributed by atoms with Crippen LogP contribution >= 0.6 is 11.8 Å². The first-order valence-corrected chi connectivity index (χ1v) is 14.4. The molecular formula is C32H35NO5S. The van der Waals surface area contributed by atoms with E-state index in [9.17, 15) is 14.4 Å². The average Bonchev–Trinajstić information content (AvgIpc) is 3.37. The second kappa shape index (κ2) is 12.5. The predicted molar refractivity (Wildman–Crippen MR) is 154 cm³/mol. The Hall–Kier alpha value is -3.58. The molecule has 2 atom stereocenters. The lowest BCUT2D eigenvalue weighted by atomic mass is 9.85. The number of benzene rings is 3. The highest BCUT2D eigenvalue weighted by molar-refractivity contribution is 7.98. The highest BCUT2D eigenvalue weighted by Gasteiger charge is 2.40. The van der Waals surface area contributed by atoms with Gasteiger partial charge in [-0.2, -0.15) is 0 Å². The molecule has 1 heterocycles. The molecule has 1 fully saturated rings. The number of likely N-dealkylation sites (tertiary alicyclic amines) is 1. The van der Waals surface area contributed by atoms with Crippen molar-refractivity contribution in [3.8, 4) is 11.5 Å². The molecule has 7 heteroatoms. The summed E-state index contributed by atoms with van der Waals surface area (Å²) in [4.78, 5) is 41.1. The lowest BCUT2D eigenvalue weighted by Gasteiger charge is -2.23. The van der Waals surface area contributed by atoms with Crippen LogP contribution in [-0.4, -0.2) is 47.5 Å². The number of para-hydroxylation sites is 1. The number of ether oxygens (including phenoxy) is 2. The van der Waals surface area contributed by atoms with E-state index in [1.807, 2.05) is 73.0 Å². The van der Waals surface area contributed by atoms with Crippen LogP contribution in [0.2, 0.25) is 0 Å². The van der Waals surface area contributed by atoms with Crippen molar-refractivity contribution < 1.29 is 23.9 Å². The summed E-state index contributed by atoms with van der Waals surface area (Å²) >= 11 is 1.63. The molecule has 0 spiro atoms. The molecular weight excluding hydrogens is 510 g/mol. The largest absolute Gasteiger partial charge is 0.480 e. The van der Waals surface area contributed by atoms with Gasteiger partial charge in [0, 0.05) is 29.5 Å². The van der Waals surface area contributed by atoms with E-state index < -0.39 is 11.7 Å². The molecule has 0 aliphatic carbocycles. The third kappa shape index (κ3) is 7.30. The summed E-state index contributed by atoms with van der Waals surface area (Å²) in [5, 5.41) is 0. The van der Waals surface area contributed by atoms with Crippen molar-refractivity contribution >= 4 is 29.4 Å². The molecule has 1 aliphatic rings. The molecule has 4 rings (SSSR count). The molecule has 204 valence electrons. The van der Waals surface area contributed by atoms with Crippen molar-refractivity contribution in [1.29, 1.82) is 0 Å². The first-order chi connectivity index (χ1) is 18.7. The molecule has 0 saturated carbocycles. The van der Waals surface area contributed by atoms with Crippen LogP contribution in [0, 0.1) is 11.8 Å². The second-order valence-corrected chi connectivity index (χ2v) is 11.3. The van der Waals surface area contributed by atoms with Gasteiger partial charge in [0.25, 0.3) is 0 Å². The Bertz CT molecular complexity index is 1290. The lowest BCUT2D eigenvalue weighted by Crippen LogP contribution is -2.36. The third-order valence-corrected chi connectivity index (χ3v) is 8.05. The number of amides is 1. The van der Waals surface area contributed by atoms with E-state index >= 15 is 0 Å². The molecule has 3 aromatic carbocycles. The SMILES string of the molecule is CSc1ccc(C(=O)[C@@H]2CN(C(=O)Oc3ccccc3)C[C@H]2CCc2ccc(OC(C)(C)C(C)=O)cc2)cc1. The number of aryl methyl sites for hydroxylation is 1. The molecule has 3 aromatic rings. The fourth-order valence-electron chi connectivity index (χ4n) is 4.68. The molecule has 39 heavy (non-hydrogen) atoms. The van der Waals surface area contributed by atoms with Crippen molar-refractivity contribution in [2.24, 2.45) is 11.8 Å². The fourth-order valence-corrected chi connectivity index (χ4v) is 5.08. The Labute approximate surface area is 234 Å². The minimum Gasteiger partial charge on any atom is -0.480 e. The van der Waals surface area contributed by atoms with E-state index in [2.05, 4.69) is 0 Å². The van der Waals surface area contributed by atoms with Crippen molar-refractivity contribution in [1.82, 2.24) is 4.90 Å². The molecule has 1 amide bonds. The van der Waals surface area contributed by atoms with Gasteiger partial charge in [-0.3, -0.25) is 9.59 Å². The average molecular weight is 546 g/mol. The molecule has 1 saturated heterocycles. The molecule has 0 radical (unpaired) electrons. The summed E-state index contributed by atoms with van der Waals surface area (Å²) in [6.45, 7) is 5.81. The normalized spacial score (nSPS) is 17.1. The minimum atomic E-state index is -0.884. The summed E-state index contributed by atoms with van der Waals surface area (Å²) in [5.41, 5.74) is 0.879. The number of thioether (sulfide) groups is 1. The van der Waals surface area contributed by atoms with Gasteiger partial charge < -0.3 is 14.4 Å². The zero-order chi connectivity index (χ0) is 28.0. The van der Waals surface area contributed by atoms with Crippen LogP contribution in [0.25, 0.3) is 0 Å². The van der Waals surface area contributed by atoms with Crippen molar-refractivity contribution in [2.45, 2.75) is 44.1 Å². The second-order valence-electron chi connectivity index (χ2n) is 10.4. The van der Waals surface area contributed by atoms with E-state index in [-0.39, 0.29) is 23.4 Å². The van der Waals surface area contributed by atoms with Crippen LogP contribution in [-0.2, 0) is 11.2 Å². The Morgan fingerprint density at radius 3 is 2.18 bits per heavy atom. The molecule has 0 aromatic heterocycles. The third-order valence-electron chi connectivity index (χ3n) is 7.31. The summed E-state index contributed by atoms with van der Waals surface area (Å²) in [7, 11) is 0. The summed E-state index contributed by atoms with van der Waals surface area (Å²) < 4.78 is 11.4. The Kier molecular flexibility index (Phi) is 9.12. The number of carbonyl (C=O) groups is 3. The number of ketones is 2. The van der Waals surface area contributed by atoms with Gasteiger partial charge in [-0.15, -0.1) is 11.8 Å². The van der Waals surface area contributed by atoms with Gasteiger partial charge in [0.1, 0.15) is 11.5 Å². The zero-order valence-corrected chi connectivity index (χ0v) is 23.7. The molecule has 0 N–H and O–H groups in total. The number of rotatable bonds is 10. The fraction of sp³-hybridized carbons (Fsp3) is 0.344. The van der Waals surface area contributed by atoms with Gasteiger partial charge in [0.2, 0.25) is 0 Å². The highest BCUT2D eigenvalue weighted by atomic mass is 32.2. The van der Waals surface area contributed by atoms with Crippen LogP contribution in [0.5, 0.6) is 11.5 Å². The molecule has 1 aliphatic heterocycles. The van der Waals surface area contributed by atoms with Crippen LogP contribution in [0.3, 0.4) is 0 Å². The number of carbonyl (C=O) groups excluding carboxylic acids is 3. The maximum absolute atomic E-state index is 13.6. The van der Waals surface area contributed by atoms with Crippen LogP contribution in [0.15, 0.2) is 83.8 Å². The standard InChI is InChI=1S/C32H35NO5S/c1-22(34)32(2,3)38-27-16-11-23(12-17-27)10-13-25-20-33(31(36)37-26-8-6-5-7-9-26)21-29(25)30(35)24-14-18-28(39-4)19-15-24/h5-9,11-12,14-19,25,29H,10,13,20-21H2,1-4H3/t25-,29-/m1/s1. The smallest absolute Gasteiger partial charge is 0.415 e. The van der Waals surface area contributed by atoms with Gasteiger partial charge >= 0.3 is 6.09 Å². The van der Waals surface area contributed by atoms with Crippen molar-refractivity contribution in [3.63, 3.8) is 0 Å². The van der Waals surface area contributed by atoms with Gasteiger partial charge in [-0.25, -0.2) is 4.79 Å². The van der Waals surface area contributed by atoms with Crippen LogP contribution in [0.4, 0.5) is 4.79 Å². The van der Waals surface area contributed by atoms with Crippen molar-refractivity contribution in [2.75, 3.05) is 19.3 Å². The van der Waals surface area contributed by atoms with E-state index in [4.69, 9.17) is 9.47 Å². The first kappa shape index (κ1) is 28.4. The first-order valence-electron chi connectivity index (χ1n) is 13.2. The van der Waals surface area contributed by atoms with Gasteiger partial charge in [-0.1, -0.05) is 42.5 Å². The Balaban J connectivity index is 1.46. The van der Waals surface area contributed by atoms with E-state index in [1.165, 1.54) is 6.92 Å². The Morgan fingerprint density at radius 2 is 1.56 bits per heavy atom. The number of nitrogens with zero attached hydrogens (tertiary/aromatic N) is 1. The maximum atomic E-state index is 13.6. The van der Waals surface area contributed by atoms with Gasteiger partial charge in [-0.05, 0) is 87.7 Å². The molecule has 0 bridgehead atoms. The van der Waals surface area contributed by atoms with Crippen LogP contribution < -0.4 is 9.47 Å². The minimum absolute atomic E-state index is 0.00590.